The van der Waals surface area contributed by atoms with Crippen molar-refractivity contribution in [2.45, 2.75) is 18.8 Å². The van der Waals surface area contributed by atoms with Gasteiger partial charge in [-0.25, -0.2) is 4.98 Å². The maximum Gasteiger partial charge on any atom is 0.161 e. The van der Waals surface area contributed by atoms with E-state index in [1.807, 2.05) is 24.3 Å². The van der Waals surface area contributed by atoms with Gasteiger partial charge < -0.3 is 15.2 Å². The first kappa shape index (κ1) is 14.2. The molecule has 1 fully saturated rings. The largest absolute Gasteiger partial charge is 0.493 e. The molecule has 1 aromatic heterocycles. The van der Waals surface area contributed by atoms with Gasteiger partial charge in [-0.3, -0.25) is 0 Å². The number of ether oxygens (including phenoxy) is 2. The maximum absolute atomic E-state index is 9.41. The summed E-state index contributed by atoms with van der Waals surface area (Å²) in [6.45, 7) is 0. The molecule has 5 heteroatoms. The molecule has 2 N–H and O–H groups in total. The van der Waals surface area contributed by atoms with Gasteiger partial charge in [-0.1, -0.05) is 6.07 Å². The van der Waals surface area contributed by atoms with E-state index in [0.29, 0.717) is 23.0 Å². The van der Waals surface area contributed by atoms with Gasteiger partial charge in [0, 0.05) is 17.2 Å². The number of nitrogens with two attached hydrogens (primary N) is 1. The second-order valence-corrected chi connectivity index (χ2v) is 5.31. The van der Waals surface area contributed by atoms with E-state index in [9.17, 15) is 5.26 Å². The maximum atomic E-state index is 9.41. The Morgan fingerprint density at radius 3 is 2.50 bits per heavy atom. The normalized spacial score (nSPS) is 13.5. The van der Waals surface area contributed by atoms with Crippen LogP contribution in [0.5, 0.6) is 11.5 Å². The van der Waals surface area contributed by atoms with Crippen LogP contribution in [-0.4, -0.2) is 19.2 Å². The van der Waals surface area contributed by atoms with Crippen LogP contribution in [0, 0.1) is 11.3 Å². The molecule has 0 bridgehead atoms. The van der Waals surface area contributed by atoms with E-state index in [4.69, 9.17) is 15.2 Å². The second-order valence-electron chi connectivity index (χ2n) is 5.31. The van der Waals surface area contributed by atoms with Crippen LogP contribution < -0.4 is 15.2 Å². The Morgan fingerprint density at radius 2 is 1.91 bits per heavy atom. The summed E-state index contributed by atoms with van der Waals surface area (Å²) in [5.41, 5.74) is 8.99. The summed E-state index contributed by atoms with van der Waals surface area (Å²) < 4.78 is 10.6. The predicted octanol–water partition coefficient (Wildman–Crippen LogP) is 3.10. The van der Waals surface area contributed by atoms with Crippen molar-refractivity contribution in [3.05, 3.63) is 35.5 Å². The van der Waals surface area contributed by atoms with Gasteiger partial charge in [-0.15, -0.1) is 0 Å². The molecule has 1 aromatic carbocycles. The van der Waals surface area contributed by atoms with Crippen LogP contribution in [0.2, 0.25) is 0 Å². The fourth-order valence-electron chi connectivity index (χ4n) is 2.52. The zero-order valence-corrected chi connectivity index (χ0v) is 12.6. The SMILES string of the molecule is COc1ccc(-c2cc(C3CC3)nc(N)c2C#N)cc1OC. The van der Waals surface area contributed by atoms with Crippen LogP contribution in [0.15, 0.2) is 24.3 Å². The Labute approximate surface area is 129 Å². The van der Waals surface area contributed by atoms with Gasteiger partial charge in [0.05, 0.1) is 14.2 Å². The monoisotopic (exact) mass is 295 g/mol. The van der Waals surface area contributed by atoms with Crippen molar-refractivity contribution in [3.63, 3.8) is 0 Å². The first-order valence-electron chi connectivity index (χ1n) is 7.10. The highest BCUT2D eigenvalue weighted by molar-refractivity contribution is 5.77. The average Bonchev–Trinajstić information content (AvgIpc) is 3.38. The van der Waals surface area contributed by atoms with Gasteiger partial charge in [0.1, 0.15) is 17.5 Å². The van der Waals surface area contributed by atoms with Crippen molar-refractivity contribution < 1.29 is 9.47 Å². The number of nitrogen functional groups attached to an aromatic ring is 1. The van der Waals surface area contributed by atoms with Crippen molar-refractivity contribution in [1.82, 2.24) is 4.98 Å². The summed E-state index contributed by atoms with van der Waals surface area (Å²) in [5, 5.41) is 9.41. The molecule has 5 nitrogen and oxygen atoms in total. The quantitative estimate of drug-likeness (QED) is 0.937. The summed E-state index contributed by atoms with van der Waals surface area (Å²) in [5.74, 6) is 2.02. The molecule has 22 heavy (non-hydrogen) atoms. The molecular formula is C17H17N3O2. The van der Waals surface area contributed by atoms with Gasteiger partial charge in [0.2, 0.25) is 0 Å². The minimum Gasteiger partial charge on any atom is -0.493 e. The number of nitrogens with zero attached hydrogens (tertiary/aromatic N) is 2. The summed E-state index contributed by atoms with van der Waals surface area (Å²) in [7, 11) is 3.18. The molecule has 1 aliphatic rings. The number of methoxy groups -OCH3 is 2. The molecule has 2 aromatic rings. The van der Waals surface area contributed by atoms with Crippen LogP contribution in [0.4, 0.5) is 5.82 Å². The summed E-state index contributed by atoms with van der Waals surface area (Å²) in [6, 6.07) is 9.69. The number of rotatable bonds is 4. The molecule has 1 heterocycles. The Kier molecular flexibility index (Phi) is 3.60. The van der Waals surface area contributed by atoms with Gasteiger partial charge in [0.15, 0.2) is 11.5 Å². The van der Waals surface area contributed by atoms with Crippen LogP contribution >= 0.6 is 0 Å². The fraction of sp³-hybridized carbons (Fsp3) is 0.294. The lowest BCUT2D eigenvalue weighted by atomic mass is 9.99. The summed E-state index contributed by atoms with van der Waals surface area (Å²) in [4.78, 5) is 4.37. The van der Waals surface area contributed by atoms with Crippen LogP contribution in [0.3, 0.4) is 0 Å². The van der Waals surface area contributed by atoms with E-state index in [-0.39, 0.29) is 5.82 Å². The third kappa shape index (κ3) is 2.44. The molecule has 0 radical (unpaired) electrons. The molecule has 0 aliphatic heterocycles. The lowest BCUT2D eigenvalue weighted by molar-refractivity contribution is 0.355. The second kappa shape index (κ2) is 5.57. The molecule has 0 unspecified atom stereocenters. The van der Waals surface area contributed by atoms with Crippen molar-refractivity contribution in [1.29, 1.82) is 5.26 Å². The highest BCUT2D eigenvalue weighted by atomic mass is 16.5. The number of hydrogen-bond acceptors (Lipinski definition) is 5. The third-order valence-electron chi connectivity index (χ3n) is 3.87. The first-order chi connectivity index (χ1) is 10.7. The lowest BCUT2D eigenvalue weighted by Gasteiger charge is -2.12. The van der Waals surface area contributed by atoms with Crippen LogP contribution in [0.25, 0.3) is 11.1 Å². The molecule has 0 saturated heterocycles. The fourth-order valence-corrected chi connectivity index (χ4v) is 2.52. The summed E-state index contributed by atoms with van der Waals surface area (Å²) >= 11 is 0. The molecule has 0 spiro atoms. The molecular weight excluding hydrogens is 278 g/mol. The minimum atomic E-state index is 0.289. The third-order valence-corrected chi connectivity index (χ3v) is 3.87. The van der Waals surface area contributed by atoms with E-state index in [0.717, 1.165) is 29.7 Å². The van der Waals surface area contributed by atoms with Gasteiger partial charge in [0.25, 0.3) is 0 Å². The number of anilines is 1. The van der Waals surface area contributed by atoms with E-state index in [1.165, 1.54) is 0 Å². The highest BCUT2D eigenvalue weighted by Crippen LogP contribution is 2.42. The molecule has 0 amide bonds. The smallest absolute Gasteiger partial charge is 0.161 e. The van der Waals surface area contributed by atoms with Crippen molar-refractivity contribution in [2.24, 2.45) is 0 Å². The summed E-state index contributed by atoms with van der Waals surface area (Å²) in [6.07, 6.45) is 2.26. The van der Waals surface area contributed by atoms with Crippen molar-refractivity contribution in [2.75, 3.05) is 20.0 Å². The van der Waals surface area contributed by atoms with E-state index < -0.39 is 0 Å². The standard InChI is InChI=1S/C17H17N3O2/c1-21-15-6-5-11(7-16(15)22-2)12-8-14(10-3-4-10)20-17(19)13(12)9-18/h5-8,10H,3-4H2,1-2H3,(H2,19,20). The van der Waals surface area contributed by atoms with Gasteiger partial charge >= 0.3 is 0 Å². The van der Waals surface area contributed by atoms with E-state index in [2.05, 4.69) is 11.1 Å². The zero-order valence-electron chi connectivity index (χ0n) is 12.6. The number of pyridine rings is 1. The molecule has 3 rings (SSSR count). The van der Waals surface area contributed by atoms with E-state index in [1.54, 1.807) is 14.2 Å². The molecule has 0 atom stereocenters. The molecule has 1 saturated carbocycles. The highest BCUT2D eigenvalue weighted by Gasteiger charge is 2.27. The zero-order chi connectivity index (χ0) is 15.7. The number of benzene rings is 1. The topological polar surface area (TPSA) is 81.2 Å². The first-order valence-corrected chi connectivity index (χ1v) is 7.10. The Balaban J connectivity index is 2.16. The number of hydrogen-bond donors (Lipinski definition) is 1. The van der Waals surface area contributed by atoms with Crippen molar-refractivity contribution >= 4 is 5.82 Å². The molecule has 112 valence electrons. The van der Waals surface area contributed by atoms with Crippen LogP contribution in [-0.2, 0) is 0 Å². The minimum absolute atomic E-state index is 0.289. The lowest BCUT2D eigenvalue weighted by Crippen LogP contribution is -2.01. The number of nitriles is 1. The number of aromatic nitrogens is 1. The van der Waals surface area contributed by atoms with Crippen LogP contribution in [0.1, 0.15) is 30.0 Å². The Bertz CT molecular complexity index is 761. The van der Waals surface area contributed by atoms with Crippen molar-refractivity contribution in [3.8, 4) is 28.7 Å². The van der Waals surface area contributed by atoms with E-state index >= 15 is 0 Å². The predicted molar refractivity (Wildman–Crippen MR) is 83.9 cm³/mol. The Morgan fingerprint density at radius 1 is 1.18 bits per heavy atom. The molecule has 1 aliphatic carbocycles. The van der Waals surface area contributed by atoms with Gasteiger partial charge in [-0.05, 0) is 36.6 Å². The average molecular weight is 295 g/mol. The van der Waals surface area contributed by atoms with Gasteiger partial charge in [-0.2, -0.15) is 5.26 Å². The Hall–Kier alpha value is -2.74.